The molecule has 194 valence electrons. The molecular formula is C24H28FN9O3. The molecular weight excluding hydrogens is 481 g/mol. The van der Waals surface area contributed by atoms with Gasteiger partial charge in [0, 0.05) is 57.4 Å². The molecule has 5 N–H and O–H groups in total. The first kappa shape index (κ1) is 24.5. The maximum Gasteiger partial charge on any atom is 0.251 e. The number of piperazine rings is 1. The van der Waals surface area contributed by atoms with Crippen LogP contribution in [0.2, 0.25) is 0 Å². The molecule has 0 bridgehead atoms. The lowest BCUT2D eigenvalue weighted by atomic mass is 10.1. The van der Waals surface area contributed by atoms with Gasteiger partial charge in [0.05, 0.1) is 18.6 Å². The summed E-state index contributed by atoms with van der Waals surface area (Å²) in [5.74, 6) is 0.412. The number of aliphatic hydroxyl groups excluding tert-OH is 1. The number of nitrogen functional groups attached to an aromatic ring is 1. The molecule has 0 unspecified atom stereocenters. The summed E-state index contributed by atoms with van der Waals surface area (Å²) in [6.07, 6.45) is 1.58. The summed E-state index contributed by atoms with van der Waals surface area (Å²) in [4.78, 5) is 25.0. The number of rotatable bonds is 9. The molecule has 0 aliphatic carbocycles. The molecule has 0 atom stereocenters. The van der Waals surface area contributed by atoms with Crippen LogP contribution in [0.4, 0.5) is 22.0 Å². The molecule has 1 aromatic carbocycles. The van der Waals surface area contributed by atoms with Crippen molar-refractivity contribution >= 4 is 29.1 Å². The van der Waals surface area contributed by atoms with Crippen LogP contribution >= 0.6 is 0 Å². The number of hydrogen-bond donors (Lipinski definition) is 4. The largest absolute Gasteiger partial charge is 0.463 e. The summed E-state index contributed by atoms with van der Waals surface area (Å²) in [6.45, 7) is 4.17. The lowest BCUT2D eigenvalue weighted by Gasteiger charge is -2.36. The van der Waals surface area contributed by atoms with E-state index in [1.165, 1.54) is 10.6 Å². The fraction of sp³-hybridized carbons (Fsp3) is 0.333. The van der Waals surface area contributed by atoms with Crippen molar-refractivity contribution in [2.45, 2.75) is 0 Å². The van der Waals surface area contributed by atoms with Crippen molar-refractivity contribution in [1.29, 1.82) is 0 Å². The third kappa shape index (κ3) is 5.47. The second kappa shape index (κ2) is 10.8. The van der Waals surface area contributed by atoms with Crippen molar-refractivity contribution in [2.24, 2.45) is 0 Å². The number of benzene rings is 1. The Kier molecular flexibility index (Phi) is 7.14. The van der Waals surface area contributed by atoms with Crippen LogP contribution in [0.15, 0.2) is 47.1 Å². The van der Waals surface area contributed by atoms with Crippen LogP contribution in [-0.4, -0.2) is 87.9 Å². The van der Waals surface area contributed by atoms with Gasteiger partial charge in [-0.2, -0.15) is 19.6 Å². The molecule has 1 fully saturated rings. The molecule has 5 rings (SSSR count). The fourth-order valence-electron chi connectivity index (χ4n) is 4.25. The number of nitrogens with zero attached hydrogens (tertiary/aromatic N) is 6. The van der Waals surface area contributed by atoms with Crippen molar-refractivity contribution in [1.82, 2.24) is 29.8 Å². The van der Waals surface area contributed by atoms with Crippen LogP contribution in [0.5, 0.6) is 0 Å². The highest BCUT2D eigenvalue weighted by Crippen LogP contribution is 2.23. The number of hydrogen-bond acceptors (Lipinski definition) is 10. The van der Waals surface area contributed by atoms with Crippen molar-refractivity contribution < 1.29 is 18.7 Å². The predicted molar refractivity (Wildman–Crippen MR) is 136 cm³/mol. The summed E-state index contributed by atoms with van der Waals surface area (Å²) >= 11 is 0. The van der Waals surface area contributed by atoms with E-state index in [0.29, 0.717) is 48.4 Å². The molecule has 4 heterocycles. The number of aromatic nitrogens is 4. The average molecular weight is 510 g/mol. The van der Waals surface area contributed by atoms with Gasteiger partial charge in [-0.15, -0.1) is 0 Å². The summed E-state index contributed by atoms with van der Waals surface area (Å²) in [5.41, 5.74) is 7.96. The van der Waals surface area contributed by atoms with E-state index in [-0.39, 0.29) is 24.7 Å². The molecule has 1 aliphatic heterocycles. The van der Waals surface area contributed by atoms with Gasteiger partial charge in [0.1, 0.15) is 11.5 Å². The van der Waals surface area contributed by atoms with Crippen LogP contribution in [0.3, 0.4) is 0 Å². The third-order valence-electron chi connectivity index (χ3n) is 6.15. The SMILES string of the molecule is Nc1nc(NCCN2CCN(c3ccc(C(=O)NCCO)cc3F)CC2)nc2cc(-c3ccco3)nn12. The molecule has 0 spiro atoms. The number of halogens is 1. The Morgan fingerprint density at radius 2 is 1.97 bits per heavy atom. The number of amides is 1. The van der Waals surface area contributed by atoms with E-state index in [1.54, 1.807) is 30.5 Å². The number of carbonyl (C=O) groups is 1. The van der Waals surface area contributed by atoms with Gasteiger partial charge >= 0.3 is 0 Å². The second-order valence-corrected chi connectivity index (χ2v) is 8.58. The molecule has 1 saturated heterocycles. The Labute approximate surface area is 211 Å². The van der Waals surface area contributed by atoms with Crippen LogP contribution in [0, 0.1) is 5.82 Å². The van der Waals surface area contributed by atoms with E-state index in [1.807, 2.05) is 11.0 Å². The number of nitrogens with two attached hydrogens (primary N) is 1. The van der Waals surface area contributed by atoms with Gasteiger partial charge < -0.3 is 30.8 Å². The lowest BCUT2D eigenvalue weighted by molar-refractivity contribution is 0.0944. The van der Waals surface area contributed by atoms with Gasteiger partial charge in [0.25, 0.3) is 5.91 Å². The summed E-state index contributed by atoms with van der Waals surface area (Å²) in [5, 5.41) is 19.0. The zero-order valence-corrected chi connectivity index (χ0v) is 20.1. The molecule has 1 amide bonds. The van der Waals surface area contributed by atoms with E-state index in [2.05, 4.69) is 30.6 Å². The maximum absolute atomic E-state index is 14.7. The van der Waals surface area contributed by atoms with Gasteiger partial charge in [0.15, 0.2) is 11.4 Å². The number of fused-ring (bicyclic) bond motifs is 1. The fourth-order valence-corrected chi connectivity index (χ4v) is 4.25. The number of nitrogens with one attached hydrogen (secondary N) is 2. The van der Waals surface area contributed by atoms with Crippen LogP contribution in [0.1, 0.15) is 10.4 Å². The van der Waals surface area contributed by atoms with Gasteiger partial charge in [-0.25, -0.2) is 4.39 Å². The van der Waals surface area contributed by atoms with Crippen molar-refractivity contribution in [2.75, 3.05) is 68.4 Å². The van der Waals surface area contributed by atoms with Gasteiger partial charge in [-0.1, -0.05) is 0 Å². The number of furan rings is 1. The second-order valence-electron chi connectivity index (χ2n) is 8.58. The van der Waals surface area contributed by atoms with Crippen LogP contribution < -0.4 is 21.3 Å². The topological polar surface area (TPSA) is 150 Å². The number of aliphatic hydroxyl groups is 1. The lowest BCUT2D eigenvalue weighted by Crippen LogP contribution is -2.48. The Morgan fingerprint density at radius 1 is 1.14 bits per heavy atom. The van der Waals surface area contributed by atoms with Crippen molar-refractivity contribution in [3.63, 3.8) is 0 Å². The number of anilines is 3. The molecule has 3 aromatic heterocycles. The summed E-state index contributed by atoms with van der Waals surface area (Å²) in [7, 11) is 0. The molecule has 4 aromatic rings. The summed E-state index contributed by atoms with van der Waals surface area (Å²) < 4.78 is 21.6. The zero-order valence-electron chi connectivity index (χ0n) is 20.1. The van der Waals surface area contributed by atoms with E-state index in [4.69, 9.17) is 15.3 Å². The smallest absolute Gasteiger partial charge is 0.251 e. The zero-order chi connectivity index (χ0) is 25.8. The normalized spacial score (nSPS) is 14.3. The Morgan fingerprint density at radius 3 is 2.70 bits per heavy atom. The third-order valence-corrected chi connectivity index (χ3v) is 6.15. The van der Waals surface area contributed by atoms with E-state index < -0.39 is 11.7 Å². The number of carbonyl (C=O) groups excluding carboxylic acids is 1. The standard InChI is InChI=1S/C24H28FN9O3/c25-17-14-16(22(36)27-6-12-35)3-4-19(17)33-10-8-32(9-11-33)7-5-28-24-29-21-15-18(20-2-1-13-37-20)31-34(21)23(26)30-24/h1-4,13-15,35H,5-12H2,(H,27,36)(H3,26,28,29,30). The van der Waals surface area contributed by atoms with Crippen molar-refractivity contribution in [3.8, 4) is 11.5 Å². The minimum Gasteiger partial charge on any atom is -0.463 e. The van der Waals surface area contributed by atoms with E-state index >= 15 is 0 Å². The molecule has 13 heteroatoms. The van der Waals surface area contributed by atoms with Crippen LogP contribution in [0.25, 0.3) is 17.1 Å². The first-order chi connectivity index (χ1) is 18.0. The first-order valence-corrected chi connectivity index (χ1v) is 12.0. The van der Waals surface area contributed by atoms with Crippen molar-refractivity contribution in [3.05, 3.63) is 54.0 Å². The van der Waals surface area contributed by atoms with Gasteiger partial charge in [0.2, 0.25) is 11.9 Å². The minimum atomic E-state index is -0.438. The highest BCUT2D eigenvalue weighted by atomic mass is 19.1. The predicted octanol–water partition coefficient (Wildman–Crippen LogP) is 1.06. The molecule has 0 radical (unpaired) electrons. The average Bonchev–Trinajstić information content (AvgIpc) is 3.58. The first-order valence-electron chi connectivity index (χ1n) is 12.0. The monoisotopic (exact) mass is 509 g/mol. The maximum atomic E-state index is 14.7. The highest BCUT2D eigenvalue weighted by molar-refractivity contribution is 5.94. The van der Waals surface area contributed by atoms with Gasteiger partial charge in [-0.05, 0) is 30.3 Å². The molecule has 37 heavy (non-hydrogen) atoms. The molecule has 12 nitrogen and oxygen atoms in total. The molecule has 0 saturated carbocycles. The van der Waals surface area contributed by atoms with E-state index in [0.717, 1.165) is 19.6 Å². The minimum absolute atomic E-state index is 0.129. The summed E-state index contributed by atoms with van der Waals surface area (Å²) in [6, 6.07) is 9.85. The Balaban J connectivity index is 1.12. The van der Waals surface area contributed by atoms with Crippen LogP contribution in [-0.2, 0) is 0 Å². The Hall–Kier alpha value is -4.23. The quantitative estimate of drug-likeness (QED) is 0.258. The van der Waals surface area contributed by atoms with Gasteiger partial charge in [-0.3, -0.25) is 9.69 Å². The molecule has 1 aliphatic rings. The Bertz CT molecular complexity index is 1370. The van der Waals surface area contributed by atoms with E-state index in [9.17, 15) is 9.18 Å². The highest BCUT2D eigenvalue weighted by Gasteiger charge is 2.20.